The summed E-state index contributed by atoms with van der Waals surface area (Å²) in [6, 6.07) is 8.21. The van der Waals surface area contributed by atoms with E-state index in [0.29, 0.717) is 29.5 Å². The van der Waals surface area contributed by atoms with Crippen LogP contribution in [0.1, 0.15) is 51.0 Å². The molecule has 0 unspecified atom stereocenters. The molecule has 0 bridgehead atoms. The average Bonchev–Trinajstić information content (AvgIpc) is 3.37. The molecule has 1 aliphatic rings. The number of aromatic nitrogens is 4. The lowest BCUT2D eigenvalue weighted by Gasteiger charge is -2.30. The molecular formula is C26H29N5O2S. The van der Waals surface area contributed by atoms with Crippen molar-refractivity contribution in [3.05, 3.63) is 74.6 Å². The van der Waals surface area contributed by atoms with E-state index in [9.17, 15) is 9.59 Å². The van der Waals surface area contributed by atoms with Crippen LogP contribution in [0.25, 0.3) is 22.0 Å². The normalized spacial score (nSPS) is 18.4. The summed E-state index contributed by atoms with van der Waals surface area (Å²) < 4.78 is 6.06. The molecule has 5 rings (SSSR count). The van der Waals surface area contributed by atoms with Crippen LogP contribution in [0, 0.1) is 5.92 Å². The Labute approximate surface area is 202 Å². The van der Waals surface area contributed by atoms with Crippen LogP contribution >= 0.6 is 11.5 Å². The summed E-state index contributed by atoms with van der Waals surface area (Å²) in [4.78, 5) is 32.1. The quantitative estimate of drug-likeness (QED) is 0.409. The molecule has 0 saturated heterocycles. The van der Waals surface area contributed by atoms with Gasteiger partial charge in [-0.25, -0.2) is 9.36 Å². The first kappa shape index (κ1) is 22.5. The van der Waals surface area contributed by atoms with Gasteiger partial charge < -0.3 is 14.9 Å². The van der Waals surface area contributed by atoms with E-state index in [1.807, 2.05) is 40.5 Å². The maximum absolute atomic E-state index is 13.2. The van der Waals surface area contributed by atoms with Gasteiger partial charge in [0.05, 0.1) is 17.2 Å². The zero-order valence-corrected chi connectivity index (χ0v) is 20.3. The van der Waals surface area contributed by atoms with Crippen LogP contribution in [-0.4, -0.2) is 25.0 Å². The molecule has 8 heteroatoms. The van der Waals surface area contributed by atoms with Gasteiger partial charge in [0.1, 0.15) is 5.69 Å². The summed E-state index contributed by atoms with van der Waals surface area (Å²) in [5, 5.41) is 6.21. The minimum absolute atomic E-state index is 0.0357. The highest BCUT2D eigenvalue weighted by atomic mass is 32.1. The fourth-order valence-electron chi connectivity index (χ4n) is 4.90. The summed E-state index contributed by atoms with van der Waals surface area (Å²) in [6.07, 6.45) is 9.29. The zero-order valence-electron chi connectivity index (χ0n) is 19.5. The second kappa shape index (κ2) is 9.54. The van der Waals surface area contributed by atoms with Gasteiger partial charge in [-0.1, -0.05) is 19.9 Å². The van der Waals surface area contributed by atoms with Crippen LogP contribution in [0.5, 0.6) is 0 Å². The number of rotatable bonds is 6. The van der Waals surface area contributed by atoms with Gasteiger partial charge in [0.15, 0.2) is 0 Å². The fraction of sp³-hybridized carbons (Fsp3) is 0.385. The summed E-state index contributed by atoms with van der Waals surface area (Å²) in [5.41, 5.74) is 4.63. The Balaban J connectivity index is 1.33. The number of H-pyrrole nitrogens is 1. The third-order valence-electron chi connectivity index (χ3n) is 6.64. The first-order valence-electron chi connectivity index (χ1n) is 11.9. The molecule has 0 radical (unpaired) electrons. The molecule has 7 nitrogen and oxygen atoms in total. The van der Waals surface area contributed by atoms with E-state index in [4.69, 9.17) is 0 Å². The lowest BCUT2D eigenvalue weighted by atomic mass is 9.81. The molecule has 1 aromatic carbocycles. The SMILES string of the molecule is CC(C)Cn1cc(-c2cnsc2)cc(NC2CCC(c3ccc4c(=O)[nH]cnc4c3)CC2)c1=O. The fourth-order valence-corrected chi connectivity index (χ4v) is 5.45. The molecule has 176 valence electrons. The van der Waals surface area contributed by atoms with Crippen LogP contribution in [0.3, 0.4) is 0 Å². The standard InChI is InChI=1S/C26H29N5O2S/c1-16(2)12-31-13-19(20-11-29-34-14-20)10-24(26(31)33)30-21-6-3-17(4-7-21)18-5-8-22-23(9-18)27-15-28-25(22)32/h5,8-11,13-17,21,30H,3-4,6-7,12H2,1-2H3,(H,27,28,32). The van der Waals surface area contributed by atoms with Gasteiger partial charge in [0.25, 0.3) is 11.1 Å². The lowest BCUT2D eigenvalue weighted by Crippen LogP contribution is -2.31. The molecule has 4 aromatic rings. The van der Waals surface area contributed by atoms with Crippen LogP contribution in [0.15, 0.2) is 58.0 Å². The number of hydrogen-bond acceptors (Lipinski definition) is 6. The Bertz CT molecular complexity index is 1400. The molecule has 1 saturated carbocycles. The summed E-state index contributed by atoms with van der Waals surface area (Å²) in [6.45, 7) is 4.93. The Kier molecular flexibility index (Phi) is 6.32. The molecule has 3 heterocycles. The number of pyridine rings is 1. The molecule has 1 aliphatic carbocycles. The highest BCUT2D eigenvalue weighted by Gasteiger charge is 2.24. The molecule has 0 aliphatic heterocycles. The zero-order chi connectivity index (χ0) is 23.7. The number of anilines is 1. The summed E-state index contributed by atoms with van der Waals surface area (Å²) >= 11 is 1.42. The first-order valence-corrected chi connectivity index (χ1v) is 12.7. The van der Waals surface area contributed by atoms with Gasteiger partial charge in [0.2, 0.25) is 0 Å². The minimum atomic E-state index is -0.104. The number of fused-ring (bicyclic) bond motifs is 1. The number of nitrogens with one attached hydrogen (secondary N) is 2. The monoisotopic (exact) mass is 475 g/mol. The van der Waals surface area contributed by atoms with E-state index in [2.05, 4.69) is 39.6 Å². The number of nitrogens with zero attached hydrogens (tertiary/aromatic N) is 3. The summed E-state index contributed by atoms with van der Waals surface area (Å²) in [7, 11) is 0. The third kappa shape index (κ3) is 4.68. The molecular weight excluding hydrogens is 446 g/mol. The Morgan fingerprint density at radius 3 is 2.71 bits per heavy atom. The Hall–Kier alpha value is -3.26. The molecule has 1 fully saturated rings. The third-order valence-corrected chi connectivity index (χ3v) is 7.22. The summed E-state index contributed by atoms with van der Waals surface area (Å²) in [5.74, 6) is 0.813. The maximum Gasteiger partial charge on any atom is 0.273 e. The van der Waals surface area contributed by atoms with Crippen LogP contribution in [0.4, 0.5) is 5.69 Å². The van der Waals surface area contributed by atoms with Crippen molar-refractivity contribution >= 4 is 28.1 Å². The number of benzene rings is 1. The highest BCUT2D eigenvalue weighted by Crippen LogP contribution is 2.35. The topological polar surface area (TPSA) is 92.7 Å². The van der Waals surface area contributed by atoms with E-state index in [1.165, 1.54) is 23.4 Å². The number of aromatic amines is 1. The van der Waals surface area contributed by atoms with Crippen molar-refractivity contribution in [2.45, 2.75) is 58.0 Å². The van der Waals surface area contributed by atoms with Crippen molar-refractivity contribution in [2.75, 3.05) is 5.32 Å². The predicted octanol–water partition coefficient (Wildman–Crippen LogP) is 5.00. The predicted molar refractivity (Wildman–Crippen MR) is 138 cm³/mol. The van der Waals surface area contributed by atoms with Crippen molar-refractivity contribution in [1.82, 2.24) is 18.9 Å². The molecule has 3 aromatic heterocycles. The van der Waals surface area contributed by atoms with E-state index in [-0.39, 0.29) is 17.2 Å². The molecule has 0 amide bonds. The van der Waals surface area contributed by atoms with Gasteiger partial charge >= 0.3 is 0 Å². The van der Waals surface area contributed by atoms with Crippen molar-refractivity contribution in [3.8, 4) is 11.1 Å². The molecule has 2 N–H and O–H groups in total. The van der Waals surface area contributed by atoms with Gasteiger partial charge in [-0.05, 0) is 72.8 Å². The first-order chi connectivity index (χ1) is 16.5. The average molecular weight is 476 g/mol. The number of hydrogen-bond donors (Lipinski definition) is 2. The second-order valence-corrected chi connectivity index (χ2v) is 10.3. The van der Waals surface area contributed by atoms with Gasteiger partial charge in [-0.3, -0.25) is 9.59 Å². The smallest absolute Gasteiger partial charge is 0.273 e. The van der Waals surface area contributed by atoms with Gasteiger partial charge in [0, 0.05) is 41.5 Å². The maximum atomic E-state index is 13.2. The highest BCUT2D eigenvalue weighted by molar-refractivity contribution is 7.03. The molecule has 0 atom stereocenters. The van der Waals surface area contributed by atoms with Crippen LogP contribution in [0.2, 0.25) is 0 Å². The van der Waals surface area contributed by atoms with Crippen molar-refractivity contribution in [1.29, 1.82) is 0 Å². The minimum Gasteiger partial charge on any atom is -0.378 e. The largest absolute Gasteiger partial charge is 0.378 e. The van der Waals surface area contributed by atoms with E-state index < -0.39 is 0 Å². The lowest BCUT2D eigenvalue weighted by molar-refractivity contribution is 0.412. The van der Waals surface area contributed by atoms with E-state index in [1.54, 1.807) is 0 Å². The molecule has 34 heavy (non-hydrogen) atoms. The van der Waals surface area contributed by atoms with Crippen molar-refractivity contribution in [3.63, 3.8) is 0 Å². The van der Waals surface area contributed by atoms with Crippen molar-refractivity contribution in [2.24, 2.45) is 5.92 Å². The second-order valence-electron chi connectivity index (χ2n) is 9.61. The van der Waals surface area contributed by atoms with Crippen LogP contribution < -0.4 is 16.4 Å². The molecule has 0 spiro atoms. The Morgan fingerprint density at radius 2 is 1.97 bits per heavy atom. The van der Waals surface area contributed by atoms with E-state index in [0.717, 1.165) is 42.3 Å². The van der Waals surface area contributed by atoms with Crippen molar-refractivity contribution < 1.29 is 0 Å². The van der Waals surface area contributed by atoms with Gasteiger partial charge in [-0.2, -0.15) is 0 Å². The van der Waals surface area contributed by atoms with Gasteiger partial charge in [-0.15, -0.1) is 0 Å². The Morgan fingerprint density at radius 1 is 1.15 bits per heavy atom. The van der Waals surface area contributed by atoms with Crippen LogP contribution in [-0.2, 0) is 6.54 Å². The van der Waals surface area contributed by atoms with E-state index >= 15 is 0 Å².